The van der Waals surface area contributed by atoms with Crippen LogP contribution in [0.4, 0.5) is 13.2 Å². The Hall–Kier alpha value is -3.74. The molecule has 3 rings (SSSR count). The molecule has 0 spiro atoms. The van der Waals surface area contributed by atoms with Gasteiger partial charge in [0.1, 0.15) is 17.8 Å². The number of amides is 2. The Morgan fingerprint density at radius 1 is 1.05 bits per heavy atom. The van der Waals surface area contributed by atoms with Crippen molar-refractivity contribution in [3.63, 3.8) is 0 Å². The number of rotatable bonds is 11. The van der Waals surface area contributed by atoms with E-state index in [4.69, 9.17) is 14.3 Å². The summed E-state index contributed by atoms with van der Waals surface area (Å²) in [6.45, 7) is 3.01. The van der Waals surface area contributed by atoms with Gasteiger partial charge in [-0.15, -0.1) is 0 Å². The monoisotopic (exact) mass is 570 g/mol. The Bertz CT molecular complexity index is 1320. The third kappa shape index (κ3) is 9.20. The fraction of sp³-hybridized carbons (Fsp3) is 0.333. The Balaban J connectivity index is 1.67. The lowest BCUT2D eigenvalue weighted by atomic mass is 10.0. The summed E-state index contributed by atoms with van der Waals surface area (Å²) in [4.78, 5) is 46.9. The van der Waals surface area contributed by atoms with Crippen LogP contribution in [0.2, 0.25) is 0 Å². The number of phosphoric acid groups is 1. The van der Waals surface area contributed by atoms with Gasteiger partial charge in [0, 0.05) is 19.8 Å². The molecule has 4 N–H and O–H groups in total. The molecule has 210 valence electrons. The number of alkyl halides is 3. The molecule has 15 heteroatoms. The topological polar surface area (TPSA) is 164 Å². The number of hydrogen-bond donors (Lipinski definition) is 4. The summed E-state index contributed by atoms with van der Waals surface area (Å²) in [6.07, 6.45) is -3.92. The Labute approximate surface area is 221 Å². The fourth-order valence-electron chi connectivity index (χ4n) is 3.60. The van der Waals surface area contributed by atoms with Crippen LogP contribution in [0.1, 0.15) is 54.7 Å². The van der Waals surface area contributed by atoms with E-state index in [0.717, 1.165) is 12.1 Å². The van der Waals surface area contributed by atoms with Crippen molar-refractivity contribution in [3.8, 4) is 5.75 Å². The molecule has 1 aromatic heterocycles. The van der Waals surface area contributed by atoms with E-state index in [1.54, 1.807) is 6.92 Å². The number of benzene rings is 2. The molecule has 0 radical (unpaired) electrons. The van der Waals surface area contributed by atoms with Crippen molar-refractivity contribution in [3.05, 3.63) is 76.9 Å². The van der Waals surface area contributed by atoms with Gasteiger partial charge < -0.3 is 19.7 Å². The second-order valence-corrected chi connectivity index (χ2v) is 9.74. The highest BCUT2D eigenvalue weighted by Gasteiger charge is 2.30. The molecular weight excluding hydrogens is 544 g/mol. The van der Waals surface area contributed by atoms with Crippen molar-refractivity contribution in [2.75, 3.05) is 0 Å². The molecule has 0 saturated carbocycles. The Kier molecular flexibility index (Phi) is 9.49. The van der Waals surface area contributed by atoms with Crippen LogP contribution in [0.25, 0.3) is 0 Å². The van der Waals surface area contributed by atoms with Gasteiger partial charge >= 0.3 is 14.0 Å². The zero-order valence-electron chi connectivity index (χ0n) is 20.8. The zero-order chi connectivity index (χ0) is 28.8. The first-order valence-electron chi connectivity index (χ1n) is 11.6. The molecule has 0 fully saturated rings. The standard InChI is InChI=1S/C24H26F3N4O7P/c1-3-19(23-30-21(31-37-23)13-16-4-8-17(9-5-16)24(25,26)27)29-22(33)20(28-14(2)32)12-15-6-10-18(11-7-15)38-39(34,35)36/h4-11,19-20H,3,12-13H2,1-2H3,(H,28,32)(H,29,33)(H2,34,35,36)/t19-,20-/m0/s1. The van der Waals surface area contributed by atoms with Gasteiger partial charge in [0.05, 0.1) is 5.56 Å². The van der Waals surface area contributed by atoms with E-state index < -0.39 is 43.5 Å². The highest BCUT2D eigenvalue weighted by Crippen LogP contribution is 2.37. The van der Waals surface area contributed by atoms with Gasteiger partial charge in [-0.2, -0.15) is 18.2 Å². The van der Waals surface area contributed by atoms with Crippen LogP contribution in [0.15, 0.2) is 53.1 Å². The highest BCUT2D eigenvalue weighted by atomic mass is 31.2. The number of nitrogens with one attached hydrogen (secondary N) is 2. The molecule has 0 aliphatic rings. The first-order chi connectivity index (χ1) is 18.2. The first-order valence-corrected chi connectivity index (χ1v) is 13.2. The zero-order valence-corrected chi connectivity index (χ0v) is 21.7. The molecule has 1 heterocycles. The van der Waals surface area contributed by atoms with E-state index in [2.05, 4.69) is 25.3 Å². The van der Waals surface area contributed by atoms with E-state index in [-0.39, 0.29) is 30.3 Å². The van der Waals surface area contributed by atoms with Crippen LogP contribution in [-0.2, 0) is 33.2 Å². The third-order valence-electron chi connectivity index (χ3n) is 5.43. The molecule has 0 unspecified atom stereocenters. The van der Waals surface area contributed by atoms with Gasteiger partial charge in [0.25, 0.3) is 0 Å². The normalized spacial score (nSPS) is 13.4. The molecule has 11 nitrogen and oxygen atoms in total. The summed E-state index contributed by atoms with van der Waals surface area (Å²) >= 11 is 0. The summed E-state index contributed by atoms with van der Waals surface area (Å²) in [5.74, 6) is -0.764. The second-order valence-electron chi connectivity index (χ2n) is 8.57. The minimum absolute atomic E-state index is 0.0566. The maximum absolute atomic E-state index is 13.1. The summed E-state index contributed by atoms with van der Waals surface area (Å²) in [7, 11) is -4.72. The van der Waals surface area contributed by atoms with Crippen molar-refractivity contribution < 1.29 is 46.2 Å². The third-order valence-corrected chi connectivity index (χ3v) is 5.88. The molecule has 0 aliphatic heterocycles. The maximum Gasteiger partial charge on any atom is 0.524 e. The van der Waals surface area contributed by atoms with E-state index in [0.29, 0.717) is 17.5 Å². The van der Waals surface area contributed by atoms with Crippen molar-refractivity contribution in [2.45, 2.75) is 51.4 Å². The molecule has 0 bridgehead atoms. The second kappa shape index (κ2) is 12.4. The van der Waals surface area contributed by atoms with Crippen LogP contribution in [0, 0.1) is 0 Å². The van der Waals surface area contributed by atoms with Gasteiger partial charge in [-0.05, 0) is 41.8 Å². The minimum Gasteiger partial charge on any atom is -0.404 e. The number of phosphoric ester groups is 1. The quantitative estimate of drug-likeness (QED) is 0.253. The fourth-order valence-corrected chi connectivity index (χ4v) is 4.00. The molecule has 2 atom stereocenters. The van der Waals surface area contributed by atoms with Gasteiger partial charge in [0.2, 0.25) is 17.7 Å². The number of aromatic nitrogens is 2. The van der Waals surface area contributed by atoms with Crippen molar-refractivity contribution in [2.24, 2.45) is 0 Å². The largest absolute Gasteiger partial charge is 0.524 e. The number of hydrogen-bond acceptors (Lipinski definition) is 7. The average Bonchev–Trinajstić information content (AvgIpc) is 3.30. The molecule has 2 amide bonds. The van der Waals surface area contributed by atoms with E-state index in [1.807, 2.05) is 0 Å². The minimum atomic E-state index is -4.72. The van der Waals surface area contributed by atoms with Gasteiger partial charge in [0.15, 0.2) is 5.82 Å². The molecular formula is C24H26F3N4O7P. The van der Waals surface area contributed by atoms with Crippen LogP contribution in [0.5, 0.6) is 5.75 Å². The predicted octanol–water partition coefficient (Wildman–Crippen LogP) is 3.47. The van der Waals surface area contributed by atoms with Gasteiger partial charge in [-0.25, -0.2) is 4.57 Å². The van der Waals surface area contributed by atoms with E-state index >= 15 is 0 Å². The lowest BCUT2D eigenvalue weighted by molar-refractivity contribution is -0.137. The molecule has 3 aromatic rings. The SMILES string of the molecule is CC[C@H](NC(=O)[C@H](Cc1ccc(OP(=O)(O)O)cc1)NC(C)=O)c1nc(Cc2ccc(C(F)(F)F)cc2)no1. The number of carbonyl (C=O) groups is 2. The lowest BCUT2D eigenvalue weighted by Gasteiger charge is -2.21. The number of halogens is 3. The summed E-state index contributed by atoms with van der Waals surface area (Å²) in [5, 5.41) is 9.17. The predicted molar refractivity (Wildman–Crippen MR) is 130 cm³/mol. The molecule has 39 heavy (non-hydrogen) atoms. The Morgan fingerprint density at radius 2 is 1.67 bits per heavy atom. The molecule has 2 aromatic carbocycles. The average molecular weight is 570 g/mol. The summed E-state index contributed by atoms with van der Waals surface area (Å²) in [5.41, 5.74) is 0.343. The molecule has 0 aliphatic carbocycles. The van der Waals surface area contributed by atoms with Gasteiger partial charge in [-0.1, -0.05) is 36.3 Å². The first kappa shape index (κ1) is 29.8. The Morgan fingerprint density at radius 3 is 2.21 bits per heavy atom. The van der Waals surface area contributed by atoms with Crippen LogP contribution < -0.4 is 15.2 Å². The smallest absolute Gasteiger partial charge is 0.404 e. The number of nitrogens with zero attached hydrogens (tertiary/aromatic N) is 2. The summed E-state index contributed by atoms with van der Waals surface area (Å²) < 4.78 is 59.1. The van der Waals surface area contributed by atoms with E-state index in [1.165, 1.54) is 43.3 Å². The van der Waals surface area contributed by atoms with Crippen LogP contribution in [-0.4, -0.2) is 37.8 Å². The van der Waals surface area contributed by atoms with Gasteiger partial charge in [-0.3, -0.25) is 19.4 Å². The molecule has 0 saturated heterocycles. The van der Waals surface area contributed by atoms with Crippen molar-refractivity contribution >= 4 is 19.6 Å². The van der Waals surface area contributed by atoms with Crippen LogP contribution in [0.3, 0.4) is 0 Å². The van der Waals surface area contributed by atoms with Crippen LogP contribution >= 0.6 is 7.82 Å². The van der Waals surface area contributed by atoms with E-state index in [9.17, 15) is 27.3 Å². The highest BCUT2D eigenvalue weighted by molar-refractivity contribution is 7.46. The van der Waals surface area contributed by atoms with Crippen molar-refractivity contribution in [1.82, 2.24) is 20.8 Å². The maximum atomic E-state index is 13.1. The summed E-state index contributed by atoms with van der Waals surface area (Å²) in [6, 6.07) is 8.50. The lowest BCUT2D eigenvalue weighted by Crippen LogP contribution is -2.48. The van der Waals surface area contributed by atoms with Crippen molar-refractivity contribution in [1.29, 1.82) is 0 Å². The number of carbonyl (C=O) groups excluding carboxylic acids is 2.